The molecule has 1 fully saturated rings. The smallest absolute Gasteiger partial charge is 0.347 e. The van der Waals surface area contributed by atoms with Crippen molar-refractivity contribution in [2.45, 2.75) is 29.1 Å². The standard InChI is InChI=1S/C12H13F3N4O2S3/c13-12(14,15)8-6-22-10(18-8)7-2-1-3-19(5-7)11-17-4-9(23-11)24(16,20)21/h4,6-7H,1-3,5H2,(H2,16,20,21). The van der Waals surface area contributed by atoms with Crippen LogP contribution >= 0.6 is 22.7 Å². The molecular formula is C12H13F3N4O2S3. The SMILES string of the molecule is NS(=O)(=O)c1cnc(N2CCCC(c3nc(C(F)(F)F)cs3)C2)s1. The predicted octanol–water partition coefficient (Wildman–Crippen LogP) is 2.65. The highest BCUT2D eigenvalue weighted by molar-refractivity contribution is 7.91. The van der Waals surface area contributed by atoms with Crippen LogP contribution in [0.25, 0.3) is 0 Å². The lowest BCUT2D eigenvalue weighted by Crippen LogP contribution is -2.34. The molecule has 2 aromatic rings. The highest BCUT2D eigenvalue weighted by Gasteiger charge is 2.35. The average molecular weight is 398 g/mol. The summed E-state index contributed by atoms with van der Waals surface area (Å²) in [5.41, 5.74) is -0.870. The normalized spacial score (nSPS) is 19.7. The van der Waals surface area contributed by atoms with Gasteiger partial charge in [-0.1, -0.05) is 11.3 Å². The molecule has 12 heteroatoms. The summed E-state index contributed by atoms with van der Waals surface area (Å²) in [6.45, 7) is 1.11. The van der Waals surface area contributed by atoms with Crippen LogP contribution in [0.5, 0.6) is 0 Å². The van der Waals surface area contributed by atoms with Gasteiger partial charge in [-0.2, -0.15) is 13.2 Å². The Hall–Kier alpha value is -1.24. The first-order valence-corrected chi connectivity index (χ1v) is 10.1. The summed E-state index contributed by atoms with van der Waals surface area (Å²) < 4.78 is 60.7. The van der Waals surface area contributed by atoms with E-state index in [-0.39, 0.29) is 10.1 Å². The first kappa shape index (κ1) is 17.6. The zero-order valence-corrected chi connectivity index (χ0v) is 14.6. The van der Waals surface area contributed by atoms with Crippen molar-refractivity contribution in [2.24, 2.45) is 5.14 Å². The third-order valence-corrected chi connectivity index (χ3v) is 7.08. The highest BCUT2D eigenvalue weighted by Crippen LogP contribution is 2.36. The summed E-state index contributed by atoms with van der Waals surface area (Å²) in [4.78, 5) is 9.64. The number of hydrogen-bond acceptors (Lipinski definition) is 7. The fourth-order valence-electron chi connectivity index (χ4n) is 2.49. The van der Waals surface area contributed by atoms with Gasteiger partial charge >= 0.3 is 6.18 Å². The second-order valence-corrected chi connectivity index (χ2v) is 9.05. The van der Waals surface area contributed by atoms with Crippen molar-refractivity contribution in [1.29, 1.82) is 0 Å². The molecule has 1 atom stereocenters. The molecule has 0 spiro atoms. The molecule has 24 heavy (non-hydrogen) atoms. The van der Waals surface area contributed by atoms with E-state index in [1.54, 1.807) is 0 Å². The number of anilines is 1. The summed E-state index contributed by atoms with van der Waals surface area (Å²) >= 11 is 1.96. The second-order valence-electron chi connectivity index (χ2n) is 5.36. The van der Waals surface area contributed by atoms with Crippen molar-refractivity contribution in [3.63, 3.8) is 0 Å². The van der Waals surface area contributed by atoms with Gasteiger partial charge in [0, 0.05) is 24.4 Å². The van der Waals surface area contributed by atoms with Gasteiger partial charge in [-0.25, -0.2) is 23.5 Å². The van der Waals surface area contributed by atoms with E-state index in [0.717, 1.165) is 40.9 Å². The van der Waals surface area contributed by atoms with Crippen molar-refractivity contribution in [3.05, 3.63) is 22.3 Å². The first-order valence-electron chi connectivity index (χ1n) is 6.91. The van der Waals surface area contributed by atoms with E-state index >= 15 is 0 Å². The molecule has 3 heterocycles. The van der Waals surface area contributed by atoms with Crippen LogP contribution in [0.15, 0.2) is 15.8 Å². The van der Waals surface area contributed by atoms with Crippen LogP contribution in [-0.4, -0.2) is 31.5 Å². The molecule has 3 rings (SSSR count). The quantitative estimate of drug-likeness (QED) is 0.859. The van der Waals surface area contributed by atoms with Crippen molar-refractivity contribution in [1.82, 2.24) is 9.97 Å². The van der Waals surface area contributed by atoms with Gasteiger partial charge in [0.05, 0.1) is 11.2 Å². The maximum absolute atomic E-state index is 12.7. The molecule has 132 valence electrons. The Balaban J connectivity index is 1.77. The van der Waals surface area contributed by atoms with E-state index in [1.807, 2.05) is 4.90 Å². The summed E-state index contributed by atoms with van der Waals surface area (Å²) in [7, 11) is -3.81. The number of halogens is 3. The topological polar surface area (TPSA) is 89.2 Å². The Labute approximate surface area is 144 Å². The number of nitrogens with two attached hydrogens (primary N) is 1. The van der Waals surface area contributed by atoms with Gasteiger partial charge in [-0.05, 0) is 12.8 Å². The number of primary sulfonamides is 1. The van der Waals surface area contributed by atoms with Gasteiger partial charge in [0.15, 0.2) is 15.0 Å². The van der Waals surface area contributed by atoms with Gasteiger partial charge in [0.2, 0.25) is 10.0 Å². The predicted molar refractivity (Wildman–Crippen MR) is 84.8 cm³/mol. The molecule has 6 nitrogen and oxygen atoms in total. The second kappa shape index (κ2) is 6.24. The zero-order valence-electron chi connectivity index (χ0n) is 12.2. The Morgan fingerprint density at radius 3 is 2.71 bits per heavy atom. The minimum atomic E-state index is -4.44. The number of alkyl halides is 3. The summed E-state index contributed by atoms with van der Waals surface area (Å²) in [5.74, 6) is -0.137. The van der Waals surface area contributed by atoms with Gasteiger partial charge in [0.25, 0.3) is 0 Å². The van der Waals surface area contributed by atoms with Gasteiger partial charge in [-0.3, -0.25) is 0 Å². The number of thiazole rings is 2. The third-order valence-electron chi connectivity index (χ3n) is 3.61. The van der Waals surface area contributed by atoms with Crippen LogP contribution in [0, 0.1) is 0 Å². The average Bonchev–Trinajstić information content (AvgIpc) is 3.16. The number of rotatable bonds is 3. The minimum Gasteiger partial charge on any atom is -0.347 e. The number of aromatic nitrogens is 2. The largest absolute Gasteiger partial charge is 0.434 e. The Bertz CT molecular complexity index is 831. The molecule has 0 amide bonds. The molecule has 0 radical (unpaired) electrons. The summed E-state index contributed by atoms with van der Waals surface area (Å²) in [6, 6.07) is 0. The van der Waals surface area contributed by atoms with Crippen molar-refractivity contribution < 1.29 is 21.6 Å². The molecule has 0 bridgehead atoms. The van der Waals surface area contributed by atoms with Crippen molar-refractivity contribution >= 4 is 37.8 Å². The molecule has 0 aromatic carbocycles. The monoisotopic (exact) mass is 398 g/mol. The molecule has 0 aliphatic carbocycles. The first-order chi connectivity index (χ1) is 11.1. The molecule has 1 saturated heterocycles. The molecule has 2 aromatic heterocycles. The molecule has 2 N–H and O–H groups in total. The summed E-state index contributed by atoms with van der Waals surface area (Å²) in [5, 5.41) is 7.03. The van der Waals surface area contributed by atoms with Crippen LogP contribution in [0.4, 0.5) is 18.3 Å². The molecular weight excluding hydrogens is 385 g/mol. The molecule has 1 aliphatic rings. The maximum atomic E-state index is 12.7. The fourth-order valence-corrected chi connectivity index (χ4v) is 5.01. The van der Waals surface area contributed by atoms with Crippen LogP contribution in [0.1, 0.15) is 29.5 Å². The lowest BCUT2D eigenvalue weighted by Gasteiger charge is -2.31. The minimum absolute atomic E-state index is 0.0340. The van der Waals surface area contributed by atoms with Crippen LogP contribution in [-0.2, 0) is 16.2 Å². The number of nitrogens with zero attached hydrogens (tertiary/aromatic N) is 3. The number of sulfonamides is 1. The Morgan fingerprint density at radius 1 is 1.38 bits per heavy atom. The molecule has 0 saturated carbocycles. The van der Waals surface area contributed by atoms with Gasteiger partial charge in [-0.15, -0.1) is 11.3 Å². The van der Waals surface area contributed by atoms with Gasteiger partial charge in [0.1, 0.15) is 0 Å². The lowest BCUT2D eigenvalue weighted by molar-refractivity contribution is -0.140. The van der Waals surface area contributed by atoms with Gasteiger partial charge < -0.3 is 4.90 Å². The summed E-state index contributed by atoms with van der Waals surface area (Å²) in [6.07, 6.45) is -1.75. The van der Waals surface area contributed by atoms with E-state index < -0.39 is 21.9 Å². The Kier molecular flexibility index (Phi) is 4.57. The lowest BCUT2D eigenvalue weighted by atomic mass is 9.99. The third kappa shape index (κ3) is 3.71. The van der Waals surface area contributed by atoms with E-state index in [2.05, 4.69) is 9.97 Å². The van der Waals surface area contributed by atoms with E-state index in [0.29, 0.717) is 23.2 Å². The van der Waals surface area contributed by atoms with Crippen LogP contribution < -0.4 is 10.0 Å². The highest BCUT2D eigenvalue weighted by atomic mass is 32.2. The van der Waals surface area contributed by atoms with Crippen molar-refractivity contribution in [2.75, 3.05) is 18.0 Å². The van der Waals surface area contributed by atoms with Crippen molar-refractivity contribution in [3.8, 4) is 0 Å². The van der Waals surface area contributed by atoms with E-state index in [4.69, 9.17) is 5.14 Å². The molecule has 1 aliphatic heterocycles. The van der Waals surface area contributed by atoms with Crippen LogP contribution in [0.3, 0.4) is 0 Å². The zero-order chi connectivity index (χ0) is 17.5. The van der Waals surface area contributed by atoms with E-state index in [9.17, 15) is 21.6 Å². The fraction of sp³-hybridized carbons (Fsp3) is 0.500. The molecule has 1 unspecified atom stereocenters. The van der Waals surface area contributed by atoms with E-state index in [1.165, 1.54) is 6.20 Å². The number of hydrogen-bond donors (Lipinski definition) is 1. The Morgan fingerprint density at radius 2 is 2.12 bits per heavy atom. The maximum Gasteiger partial charge on any atom is 0.434 e. The van der Waals surface area contributed by atoms with Crippen LogP contribution in [0.2, 0.25) is 0 Å². The number of piperidine rings is 1.